The summed E-state index contributed by atoms with van der Waals surface area (Å²) < 4.78 is 5.32. The maximum Gasteiger partial charge on any atom is 0.238 e. The summed E-state index contributed by atoms with van der Waals surface area (Å²) in [5.74, 6) is 0.164. The fourth-order valence-electron chi connectivity index (χ4n) is 3.25. The second-order valence-electron chi connectivity index (χ2n) is 6.96. The Balaban J connectivity index is 1.38. The lowest BCUT2D eigenvalue weighted by molar-refractivity contribution is -0.135. The van der Waals surface area contributed by atoms with Crippen LogP contribution in [0.5, 0.6) is 0 Å². The van der Waals surface area contributed by atoms with Crippen molar-refractivity contribution >= 4 is 17.5 Å². The summed E-state index contributed by atoms with van der Waals surface area (Å²) in [5.41, 5.74) is 1.99. The fraction of sp³-hybridized carbons (Fsp3) is 0.579. The van der Waals surface area contributed by atoms with Gasteiger partial charge in [0.25, 0.3) is 0 Å². The van der Waals surface area contributed by atoms with Crippen LogP contribution in [0, 0.1) is 6.92 Å². The van der Waals surface area contributed by atoms with Crippen molar-refractivity contribution in [3.8, 4) is 0 Å². The van der Waals surface area contributed by atoms with Crippen LogP contribution in [-0.2, 0) is 14.3 Å². The van der Waals surface area contributed by atoms with Gasteiger partial charge in [-0.3, -0.25) is 19.4 Å². The van der Waals surface area contributed by atoms with E-state index in [4.69, 9.17) is 4.74 Å². The summed E-state index contributed by atoms with van der Waals surface area (Å²) in [4.78, 5) is 30.8. The SMILES string of the molecule is Cc1ccc(NC(=O)CN2CCN(C(=O)CN3CCOCC3)CC2)cc1. The first-order valence-electron chi connectivity index (χ1n) is 9.27. The van der Waals surface area contributed by atoms with E-state index in [1.807, 2.05) is 36.1 Å². The lowest BCUT2D eigenvalue weighted by Gasteiger charge is -2.36. The highest BCUT2D eigenvalue weighted by Crippen LogP contribution is 2.09. The molecule has 0 saturated carbocycles. The van der Waals surface area contributed by atoms with Gasteiger partial charge in [-0.15, -0.1) is 0 Å². The first-order chi connectivity index (χ1) is 12.6. The molecule has 1 aromatic rings. The van der Waals surface area contributed by atoms with Crippen molar-refractivity contribution in [1.82, 2.24) is 14.7 Å². The Morgan fingerprint density at radius 3 is 2.19 bits per heavy atom. The van der Waals surface area contributed by atoms with Crippen LogP contribution in [0.1, 0.15) is 5.56 Å². The summed E-state index contributed by atoms with van der Waals surface area (Å²) >= 11 is 0. The predicted molar refractivity (Wildman–Crippen MR) is 100 cm³/mol. The largest absolute Gasteiger partial charge is 0.379 e. The molecule has 7 heteroatoms. The molecule has 2 heterocycles. The maximum atomic E-state index is 12.4. The Bertz CT molecular complexity index is 606. The minimum atomic E-state index is -0.0121. The van der Waals surface area contributed by atoms with Gasteiger partial charge in [-0.25, -0.2) is 0 Å². The molecule has 0 bridgehead atoms. The molecule has 0 radical (unpaired) electrons. The molecule has 2 fully saturated rings. The molecule has 2 aliphatic rings. The first-order valence-corrected chi connectivity index (χ1v) is 9.27. The number of rotatable bonds is 5. The third-order valence-electron chi connectivity index (χ3n) is 4.89. The molecule has 0 aliphatic carbocycles. The van der Waals surface area contributed by atoms with Crippen molar-refractivity contribution in [2.75, 3.05) is 70.9 Å². The lowest BCUT2D eigenvalue weighted by Crippen LogP contribution is -2.53. The van der Waals surface area contributed by atoms with Gasteiger partial charge in [0.15, 0.2) is 0 Å². The normalized spacial score (nSPS) is 19.3. The van der Waals surface area contributed by atoms with Crippen LogP contribution in [0.25, 0.3) is 0 Å². The van der Waals surface area contributed by atoms with E-state index >= 15 is 0 Å². The Hall–Kier alpha value is -1.96. The van der Waals surface area contributed by atoms with E-state index in [1.165, 1.54) is 5.56 Å². The summed E-state index contributed by atoms with van der Waals surface area (Å²) in [6.07, 6.45) is 0. The van der Waals surface area contributed by atoms with Crippen LogP contribution in [0.4, 0.5) is 5.69 Å². The molecule has 142 valence electrons. The van der Waals surface area contributed by atoms with Crippen LogP contribution in [0.3, 0.4) is 0 Å². The van der Waals surface area contributed by atoms with Crippen molar-refractivity contribution in [3.05, 3.63) is 29.8 Å². The highest BCUT2D eigenvalue weighted by molar-refractivity contribution is 5.92. The van der Waals surface area contributed by atoms with Crippen molar-refractivity contribution in [2.45, 2.75) is 6.92 Å². The lowest BCUT2D eigenvalue weighted by atomic mass is 10.2. The summed E-state index contributed by atoms with van der Waals surface area (Å²) in [6, 6.07) is 7.79. The number of nitrogens with zero attached hydrogens (tertiary/aromatic N) is 3. The Labute approximate surface area is 154 Å². The average molecular weight is 360 g/mol. The van der Waals surface area contributed by atoms with Gasteiger partial charge in [0.1, 0.15) is 0 Å². The number of aryl methyl sites for hydroxylation is 1. The van der Waals surface area contributed by atoms with Gasteiger partial charge in [0.05, 0.1) is 26.3 Å². The van der Waals surface area contributed by atoms with Crippen molar-refractivity contribution < 1.29 is 14.3 Å². The van der Waals surface area contributed by atoms with Crippen LogP contribution < -0.4 is 5.32 Å². The van der Waals surface area contributed by atoms with Gasteiger partial charge in [0, 0.05) is 45.0 Å². The number of ether oxygens (including phenoxy) is 1. The third kappa shape index (κ3) is 5.52. The molecule has 2 saturated heterocycles. The average Bonchev–Trinajstić information content (AvgIpc) is 2.65. The maximum absolute atomic E-state index is 12.4. The molecule has 1 N–H and O–H groups in total. The molecule has 0 aromatic heterocycles. The second-order valence-corrected chi connectivity index (χ2v) is 6.96. The van der Waals surface area contributed by atoms with Gasteiger partial charge in [-0.1, -0.05) is 17.7 Å². The molecule has 2 amide bonds. The van der Waals surface area contributed by atoms with Crippen LogP contribution in [0.15, 0.2) is 24.3 Å². The van der Waals surface area contributed by atoms with Gasteiger partial charge >= 0.3 is 0 Å². The predicted octanol–water partition coefficient (Wildman–Crippen LogP) is 0.410. The van der Waals surface area contributed by atoms with E-state index in [2.05, 4.69) is 15.1 Å². The molecular formula is C19H28N4O3. The highest BCUT2D eigenvalue weighted by atomic mass is 16.5. The first kappa shape index (κ1) is 18.8. The van der Waals surface area contributed by atoms with E-state index in [9.17, 15) is 9.59 Å². The number of hydrogen-bond donors (Lipinski definition) is 1. The zero-order chi connectivity index (χ0) is 18.4. The zero-order valence-corrected chi connectivity index (χ0v) is 15.4. The fourth-order valence-corrected chi connectivity index (χ4v) is 3.25. The Morgan fingerprint density at radius 2 is 1.54 bits per heavy atom. The van der Waals surface area contributed by atoms with Gasteiger partial charge in [0.2, 0.25) is 11.8 Å². The van der Waals surface area contributed by atoms with E-state index in [0.717, 1.165) is 31.9 Å². The van der Waals surface area contributed by atoms with Crippen LogP contribution in [-0.4, -0.2) is 92.1 Å². The van der Waals surface area contributed by atoms with Crippen LogP contribution in [0.2, 0.25) is 0 Å². The van der Waals surface area contributed by atoms with Gasteiger partial charge < -0.3 is 15.0 Å². The van der Waals surface area contributed by atoms with Crippen molar-refractivity contribution in [1.29, 1.82) is 0 Å². The highest BCUT2D eigenvalue weighted by Gasteiger charge is 2.24. The molecule has 3 rings (SSSR count). The number of nitrogens with one attached hydrogen (secondary N) is 1. The molecule has 1 aromatic carbocycles. The Kier molecular flexibility index (Phi) is 6.60. The number of carbonyl (C=O) groups excluding carboxylic acids is 2. The summed E-state index contributed by atoms with van der Waals surface area (Å²) in [7, 11) is 0. The molecule has 7 nitrogen and oxygen atoms in total. The molecule has 0 atom stereocenters. The van der Waals surface area contributed by atoms with Crippen LogP contribution >= 0.6 is 0 Å². The minimum absolute atomic E-state index is 0.0121. The van der Waals surface area contributed by atoms with Gasteiger partial charge in [-0.05, 0) is 19.1 Å². The number of amides is 2. The molecule has 0 unspecified atom stereocenters. The van der Waals surface area contributed by atoms with Crippen molar-refractivity contribution in [3.63, 3.8) is 0 Å². The van der Waals surface area contributed by atoms with Crippen molar-refractivity contribution in [2.24, 2.45) is 0 Å². The van der Waals surface area contributed by atoms with E-state index in [0.29, 0.717) is 39.4 Å². The molecular weight excluding hydrogens is 332 g/mol. The number of benzene rings is 1. The number of morpholine rings is 1. The molecule has 0 spiro atoms. The quantitative estimate of drug-likeness (QED) is 0.824. The van der Waals surface area contributed by atoms with E-state index in [1.54, 1.807) is 0 Å². The second kappa shape index (κ2) is 9.12. The topological polar surface area (TPSA) is 65.1 Å². The number of piperazine rings is 1. The molecule has 26 heavy (non-hydrogen) atoms. The minimum Gasteiger partial charge on any atom is -0.379 e. The Morgan fingerprint density at radius 1 is 0.923 bits per heavy atom. The zero-order valence-electron chi connectivity index (χ0n) is 15.4. The standard InChI is InChI=1S/C19H28N4O3/c1-16-2-4-17(5-3-16)20-18(24)14-21-6-8-23(9-7-21)19(25)15-22-10-12-26-13-11-22/h2-5H,6-15H2,1H3,(H,20,24). The monoisotopic (exact) mass is 360 g/mol. The summed E-state index contributed by atoms with van der Waals surface area (Å²) in [6.45, 7) is 8.74. The smallest absolute Gasteiger partial charge is 0.238 e. The number of hydrogen-bond acceptors (Lipinski definition) is 5. The third-order valence-corrected chi connectivity index (χ3v) is 4.89. The summed E-state index contributed by atoms with van der Waals surface area (Å²) in [5, 5.41) is 2.92. The number of carbonyl (C=O) groups is 2. The van der Waals surface area contributed by atoms with Gasteiger partial charge in [-0.2, -0.15) is 0 Å². The van der Waals surface area contributed by atoms with E-state index in [-0.39, 0.29) is 11.8 Å². The molecule has 2 aliphatic heterocycles. The number of anilines is 1. The van der Waals surface area contributed by atoms with E-state index < -0.39 is 0 Å².